The molecule has 1 heterocycles. The van der Waals surface area contributed by atoms with Crippen LogP contribution < -0.4 is 5.32 Å². The quantitative estimate of drug-likeness (QED) is 0.920. The average Bonchev–Trinajstić information content (AvgIpc) is 2.48. The maximum Gasteiger partial charge on any atom is 0.162 e. The molecular weight excluding hydrogens is 246 g/mol. The first-order valence-electron chi connectivity index (χ1n) is 7.49. The molecule has 3 heteroatoms. The minimum absolute atomic E-state index is 0.861. The van der Waals surface area contributed by atoms with Crippen LogP contribution in [0.1, 0.15) is 36.6 Å². The molecule has 0 saturated carbocycles. The smallest absolute Gasteiger partial charge is 0.162 e. The van der Waals surface area contributed by atoms with Gasteiger partial charge in [-0.25, -0.2) is 9.97 Å². The predicted octanol–water partition coefficient (Wildman–Crippen LogP) is 3.76. The minimum Gasteiger partial charge on any atom is -0.370 e. The lowest BCUT2D eigenvalue weighted by molar-refractivity contribution is 0.664. The standard InChI is InChI=1S/C17H21N3/c1-3-18-16-14-10-6-7-11-15(14)19-17(20-16)13-9-5-4-8-12(13)2/h4-5,8-9H,3,6-7,10-11H2,1-2H3,(H,18,19,20). The van der Waals surface area contributed by atoms with Gasteiger partial charge in [0.2, 0.25) is 0 Å². The number of benzene rings is 1. The molecule has 1 aliphatic rings. The molecule has 1 N–H and O–H groups in total. The highest BCUT2D eigenvalue weighted by molar-refractivity contribution is 5.63. The Morgan fingerprint density at radius 1 is 1.10 bits per heavy atom. The first kappa shape index (κ1) is 13.1. The molecule has 1 aromatic heterocycles. The first-order valence-corrected chi connectivity index (χ1v) is 7.49. The number of aryl methyl sites for hydroxylation is 2. The van der Waals surface area contributed by atoms with E-state index in [0.29, 0.717) is 0 Å². The Bertz CT molecular complexity index is 620. The van der Waals surface area contributed by atoms with Gasteiger partial charge in [-0.15, -0.1) is 0 Å². The average molecular weight is 267 g/mol. The summed E-state index contributed by atoms with van der Waals surface area (Å²) < 4.78 is 0. The number of rotatable bonds is 3. The Morgan fingerprint density at radius 3 is 2.70 bits per heavy atom. The van der Waals surface area contributed by atoms with E-state index in [1.54, 1.807) is 0 Å². The van der Waals surface area contributed by atoms with E-state index in [1.807, 2.05) is 0 Å². The number of anilines is 1. The molecule has 104 valence electrons. The molecule has 3 rings (SSSR count). The summed E-state index contributed by atoms with van der Waals surface area (Å²) in [5.41, 5.74) is 4.93. The normalized spacial score (nSPS) is 13.9. The molecule has 0 radical (unpaired) electrons. The lowest BCUT2D eigenvalue weighted by Gasteiger charge is -2.20. The van der Waals surface area contributed by atoms with Crippen LogP contribution in [0.5, 0.6) is 0 Å². The summed E-state index contributed by atoms with van der Waals surface area (Å²) in [7, 11) is 0. The van der Waals surface area contributed by atoms with Crippen molar-refractivity contribution in [1.29, 1.82) is 0 Å². The van der Waals surface area contributed by atoms with Gasteiger partial charge in [0.25, 0.3) is 0 Å². The summed E-state index contributed by atoms with van der Waals surface area (Å²) in [6.45, 7) is 5.13. The van der Waals surface area contributed by atoms with Crippen molar-refractivity contribution >= 4 is 5.82 Å². The fraction of sp³-hybridized carbons (Fsp3) is 0.412. The molecule has 1 aliphatic carbocycles. The van der Waals surface area contributed by atoms with Crippen LogP contribution in [0.3, 0.4) is 0 Å². The number of fused-ring (bicyclic) bond motifs is 1. The van der Waals surface area contributed by atoms with Crippen molar-refractivity contribution in [2.75, 3.05) is 11.9 Å². The van der Waals surface area contributed by atoms with Crippen LogP contribution in [-0.2, 0) is 12.8 Å². The van der Waals surface area contributed by atoms with Gasteiger partial charge in [0.15, 0.2) is 5.82 Å². The van der Waals surface area contributed by atoms with E-state index in [9.17, 15) is 0 Å². The van der Waals surface area contributed by atoms with Gasteiger partial charge in [0.1, 0.15) is 5.82 Å². The summed E-state index contributed by atoms with van der Waals surface area (Å²) in [5, 5.41) is 3.41. The summed E-state index contributed by atoms with van der Waals surface area (Å²) in [6.07, 6.45) is 4.67. The maximum absolute atomic E-state index is 4.84. The third-order valence-corrected chi connectivity index (χ3v) is 3.91. The van der Waals surface area contributed by atoms with Gasteiger partial charge in [-0.2, -0.15) is 0 Å². The molecule has 2 aromatic rings. The van der Waals surface area contributed by atoms with Crippen LogP contribution >= 0.6 is 0 Å². The molecule has 0 saturated heterocycles. The highest BCUT2D eigenvalue weighted by atomic mass is 15.0. The fourth-order valence-electron chi connectivity index (χ4n) is 2.85. The predicted molar refractivity (Wildman–Crippen MR) is 83.0 cm³/mol. The van der Waals surface area contributed by atoms with Crippen molar-refractivity contribution in [1.82, 2.24) is 9.97 Å². The van der Waals surface area contributed by atoms with Crippen LogP contribution in [0, 0.1) is 6.92 Å². The molecule has 20 heavy (non-hydrogen) atoms. The zero-order valence-corrected chi connectivity index (χ0v) is 12.2. The second-order valence-corrected chi connectivity index (χ2v) is 5.37. The summed E-state index contributed by atoms with van der Waals surface area (Å²) in [4.78, 5) is 9.62. The zero-order valence-electron chi connectivity index (χ0n) is 12.2. The molecular formula is C17H21N3. The van der Waals surface area contributed by atoms with E-state index in [2.05, 4.69) is 43.4 Å². The molecule has 0 aliphatic heterocycles. The molecule has 1 aromatic carbocycles. The van der Waals surface area contributed by atoms with Crippen molar-refractivity contribution < 1.29 is 0 Å². The Hall–Kier alpha value is -1.90. The third-order valence-electron chi connectivity index (χ3n) is 3.91. The Morgan fingerprint density at radius 2 is 1.90 bits per heavy atom. The highest BCUT2D eigenvalue weighted by Crippen LogP contribution is 2.29. The van der Waals surface area contributed by atoms with Crippen LogP contribution in [0.25, 0.3) is 11.4 Å². The zero-order chi connectivity index (χ0) is 13.9. The SMILES string of the molecule is CCNc1nc(-c2ccccc2C)nc2c1CCCC2. The van der Waals surface area contributed by atoms with Crippen molar-refractivity contribution in [2.45, 2.75) is 39.5 Å². The van der Waals surface area contributed by atoms with Gasteiger partial charge in [-0.05, 0) is 45.1 Å². The highest BCUT2D eigenvalue weighted by Gasteiger charge is 2.18. The number of hydrogen-bond donors (Lipinski definition) is 1. The topological polar surface area (TPSA) is 37.8 Å². The van der Waals surface area contributed by atoms with Gasteiger partial charge < -0.3 is 5.32 Å². The van der Waals surface area contributed by atoms with E-state index in [4.69, 9.17) is 9.97 Å². The summed E-state index contributed by atoms with van der Waals surface area (Å²) >= 11 is 0. The van der Waals surface area contributed by atoms with Gasteiger partial charge in [0, 0.05) is 23.4 Å². The van der Waals surface area contributed by atoms with Gasteiger partial charge >= 0.3 is 0 Å². The number of nitrogens with one attached hydrogen (secondary N) is 1. The molecule has 0 fully saturated rings. The fourth-order valence-corrected chi connectivity index (χ4v) is 2.85. The molecule has 0 atom stereocenters. The molecule has 0 bridgehead atoms. The Labute approximate surface area is 120 Å². The van der Waals surface area contributed by atoms with Gasteiger partial charge in [-0.1, -0.05) is 24.3 Å². The van der Waals surface area contributed by atoms with E-state index < -0.39 is 0 Å². The van der Waals surface area contributed by atoms with E-state index >= 15 is 0 Å². The number of hydrogen-bond acceptors (Lipinski definition) is 3. The largest absolute Gasteiger partial charge is 0.370 e. The second-order valence-electron chi connectivity index (χ2n) is 5.37. The number of nitrogens with zero attached hydrogens (tertiary/aromatic N) is 2. The van der Waals surface area contributed by atoms with Crippen LogP contribution in [0.15, 0.2) is 24.3 Å². The van der Waals surface area contributed by atoms with Crippen molar-refractivity contribution in [2.24, 2.45) is 0 Å². The van der Waals surface area contributed by atoms with Gasteiger partial charge in [-0.3, -0.25) is 0 Å². The Kier molecular flexibility index (Phi) is 3.68. The minimum atomic E-state index is 0.861. The van der Waals surface area contributed by atoms with Crippen molar-refractivity contribution in [3.05, 3.63) is 41.1 Å². The van der Waals surface area contributed by atoms with Crippen LogP contribution in [-0.4, -0.2) is 16.5 Å². The molecule has 0 amide bonds. The van der Waals surface area contributed by atoms with Crippen molar-refractivity contribution in [3.63, 3.8) is 0 Å². The lowest BCUT2D eigenvalue weighted by Crippen LogP contribution is -2.13. The Balaban J connectivity index is 2.13. The monoisotopic (exact) mass is 267 g/mol. The van der Waals surface area contributed by atoms with Crippen molar-refractivity contribution in [3.8, 4) is 11.4 Å². The maximum atomic E-state index is 4.84. The molecule has 0 unspecified atom stereocenters. The van der Waals surface area contributed by atoms with E-state index in [0.717, 1.165) is 36.6 Å². The molecule has 3 nitrogen and oxygen atoms in total. The van der Waals surface area contributed by atoms with Crippen LogP contribution in [0.2, 0.25) is 0 Å². The van der Waals surface area contributed by atoms with Gasteiger partial charge in [0.05, 0.1) is 0 Å². The van der Waals surface area contributed by atoms with E-state index in [1.165, 1.54) is 29.7 Å². The first-order chi connectivity index (χ1) is 9.79. The second kappa shape index (κ2) is 5.61. The van der Waals surface area contributed by atoms with Crippen LogP contribution in [0.4, 0.5) is 5.82 Å². The molecule has 0 spiro atoms. The third kappa shape index (κ3) is 2.40. The lowest BCUT2D eigenvalue weighted by atomic mass is 9.96. The summed E-state index contributed by atoms with van der Waals surface area (Å²) in [6, 6.07) is 8.33. The van der Waals surface area contributed by atoms with E-state index in [-0.39, 0.29) is 0 Å². The number of aromatic nitrogens is 2. The summed E-state index contributed by atoms with van der Waals surface area (Å²) in [5.74, 6) is 1.90.